The Bertz CT molecular complexity index is 300. The van der Waals surface area contributed by atoms with Crippen molar-refractivity contribution < 1.29 is 19.1 Å². The summed E-state index contributed by atoms with van der Waals surface area (Å²) in [7, 11) is 0. The molecule has 17 heavy (non-hydrogen) atoms. The van der Waals surface area contributed by atoms with Crippen LogP contribution in [-0.2, 0) is 14.3 Å². The number of alkyl carbamates (subject to hydrolysis) is 1. The van der Waals surface area contributed by atoms with Crippen LogP contribution in [0.4, 0.5) is 4.79 Å². The van der Waals surface area contributed by atoms with Gasteiger partial charge in [-0.25, -0.2) is 4.79 Å². The summed E-state index contributed by atoms with van der Waals surface area (Å²) in [6.07, 6.45) is 0.433. The minimum atomic E-state index is -0.589. The van der Waals surface area contributed by atoms with Gasteiger partial charge in [-0.2, -0.15) is 0 Å². The molecule has 0 aromatic carbocycles. The number of ether oxygens (including phenoxy) is 2. The average Bonchev–Trinajstić information content (AvgIpc) is 2.47. The van der Waals surface area contributed by atoms with E-state index in [1.165, 1.54) is 6.92 Å². The zero-order valence-corrected chi connectivity index (χ0v) is 11.0. The standard InChI is InChI=1S/C12H21NO4/c1-9(14)7-12(5-6-16-8-12)13-10(15)17-11(2,3)4/h5-8H2,1-4H3,(H,13,15). The summed E-state index contributed by atoms with van der Waals surface area (Å²) in [6, 6.07) is 0. The molecule has 1 N–H and O–H groups in total. The normalized spacial score (nSPS) is 24.5. The molecule has 1 fully saturated rings. The highest BCUT2D eigenvalue weighted by atomic mass is 16.6. The molecule has 1 rings (SSSR count). The maximum absolute atomic E-state index is 11.7. The Morgan fingerprint density at radius 1 is 1.41 bits per heavy atom. The second-order valence-electron chi connectivity index (χ2n) is 5.59. The van der Waals surface area contributed by atoms with Gasteiger partial charge in [-0.3, -0.25) is 4.79 Å². The first kappa shape index (κ1) is 14.0. The molecular weight excluding hydrogens is 222 g/mol. The zero-order chi connectivity index (χ0) is 13.1. The van der Waals surface area contributed by atoms with E-state index >= 15 is 0 Å². The first-order chi connectivity index (χ1) is 7.72. The monoisotopic (exact) mass is 243 g/mol. The second kappa shape index (κ2) is 5.04. The molecule has 1 amide bonds. The van der Waals surface area contributed by atoms with Gasteiger partial charge in [0.25, 0.3) is 0 Å². The molecule has 1 aliphatic heterocycles. The molecular formula is C12H21NO4. The molecule has 0 radical (unpaired) electrons. The minimum Gasteiger partial charge on any atom is -0.444 e. The van der Waals surface area contributed by atoms with E-state index in [1.54, 1.807) is 20.8 Å². The molecule has 1 atom stereocenters. The largest absolute Gasteiger partial charge is 0.444 e. The van der Waals surface area contributed by atoms with Crippen LogP contribution in [0.25, 0.3) is 0 Å². The first-order valence-electron chi connectivity index (χ1n) is 5.81. The fourth-order valence-electron chi connectivity index (χ4n) is 1.89. The quantitative estimate of drug-likeness (QED) is 0.818. The van der Waals surface area contributed by atoms with Gasteiger partial charge >= 0.3 is 6.09 Å². The number of ketones is 1. The molecule has 0 aromatic rings. The van der Waals surface area contributed by atoms with Crippen molar-refractivity contribution in [3.63, 3.8) is 0 Å². The number of rotatable bonds is 3. The van der Waals surface area contributed by atoms with Gasteiger partial charge in [-0.1, -0.05) is 0 Å². The van der Waals surface area contributed by atoms with Crippen LogP contribution < -0.4 is 5.32 Å². The van der Waals surface area contributed by atoms with Crippen LogP contribution in [0.1, 0.15) is 40.5 Å². The molecule has 0 spiro atoms. The third kappa shape index (κ3) is 4.73. The van der Waals surface area contributed by atoms with Gasteiger partial charge in [0.2, 0.25) is 0 Å². The Kier molecular flexibility index (Phi) is 4.14. The van der Waals surface area contributed by atoms with Gasteiger partial charge in [-0.15, -0.1) is 0 Å². The zero-order valence-electron chi connectivity index (χ0n) is 11.0. The predicted octanol–water partition coefficient (Wildman–Crippen LogP) is 1.65. The Hall–Kier alpha value is -1.10. The van der Waals surface area contributed by atoms with Crippen LogP contribution in [0.5, 0.6) is 0 Å². The number of carbonyl (C=O) groups excluding carboxylic acids is 2. The number of nitrogens with one attached hydrogen (secondary N) is 1. The van der Waals surface area contributed by atoms with Gasteiger partial charge in [-0.05, 0) is 34.1 Å². The first-order valence-corrected chi connectivity index (χ1v) is 5.81. The van der Waals surface area contributed by atoms with E-state index in [1.807, 2.05) is 0 Å². The van der Waals surface area contributed by atoms with Crippen LogP contribution in [-0.4, -0.2) is 36.2 Å². The smallest absolute Gasteiger partial charge is 0.408 e. The lowest BCUT2D eigenvalue weighted by atomic mass is 9.92. The van der Waals surface area contributed by atoms with Crippen molar-refractivity contribution in [3.8, 4) is 0 Å². The molecule has 1 heterocycles. The van der Waals surface area contributed by atoms with Crippen molar-refractivity contribution in [3.05, 3.63) is 0 Å². The van der Waals surface area contributed by atoms with Crippen molar-refractivity contribution in [1.82, 2.24) is 5.32 Å². The van der Waals surface area contributed by atoms with Crippen LogP contribution in [0.2, 0.25) is 0 Å². The highest BCUT2D eigenvalue weighted by molar-refractivity contribution is 5.78. The fourth-order valence-corrected chi connectivity index (χ4v) is 1.89. The summed E-state index contributed by atoms with van der Waals surface area (Å²) in [4.78, 5) is 22.9. The highest BCUT2D eigenvalue weighted by Crippen LogP contribution is 2.23. The van der Waals surface area contributed by atoms with Crippen molar-refractivity contribution in [2.45, 2.75) is 51.7 Å². The summed E-state index contributed by atoms with van der Waals surface area (Å²) < 4.78 is 10.5. The summed E-state index contributed by atoms with van der Waals surface area (Å²) >= 11 is 0. The SMILES string of the molecule is CC(=O)CC1(NC(=O)OC(C)(C)C)CCOC1. The Morgan fingerprint density at radius 3 is 2.47 bits per heavy atom. The fraction of sp³-hybridized carbons (Fsp3) is 0.833. The van der Waals surface area contributed by atoms with Crippen LogP contribution in [0, 0.1) is 0 Å². The minimum absolute atomic E-state index is 0.0339. The highest BCUT2D eigenvalue weighted by Gasteiger charge is 2.38. The Morgan fingerprint density at radius 2 is 2.06 bits per heavy atom. The predicted molar refractivity (Wildman–Crippen MR) is 62.8 cm³/mol. The van der Waals surface area contributed by atoms with E-state index in [0.29, 0.717) is 19.6 Å². The van der Waals surface area contributed by atoms with Crippen LogP contribution in [0.3, 0.4) is 0 Å². The van der Waals surface area contributed by atoms with Gasteiger partial charge < -0.3 is 14.8 Å². The maximum Gasteiger partial charge on any atom is 0.408 e. The number of amides is 1. The van der Waals surface area contributed by atoms with E-state index < -0.39 is 17.2 Å². The Balaban J connectivity index is 2.61. The van der Waals surface area contributed by atoms with Gasteiger partial charge in [0, 0.05) is 13.0 Å². The maximum atomic E-state index is 11.7. The van der Waals surface area contributed by atoms with Gasteiger partial charge in [0.1, 0.15) is 11.4 Å². The molecule has 0 aromatic heterocycles. The molecule has 1 saturated heterocycles. The molecule has 5 nitrogen and oxygen atoms in total. The van der Waals surface area contributed by atoms with Gasteiger partial charge in [0.05, 0.1) is 12.1 Å². The van der Waals surface area contributed by atoms with E-state index in [2.05, 4.69) is 5.32 Å². The van der Waals surface area contributed by atoms with Crippen LogP contribution in [0.15, 0.2) is 0 Å². The van der Waals surface area contributed by atoms with E-state index in [0.717, 1.165) is 0 Å². The number of hydrogen-bond acceptors (Lipinski definition) is 4. The second-order valence-corrected chi connectivity index (χ2v) is 5.59. The molecule has 1 unspecified atom stereocenters. The molecule has 0 aliphatic carbocycles. The molecule has 1 aliphatic rings. The number of carbonyl (C=O) groups is 2. The third-order valence-corrected chi connectivity index (χ3v) is 2.46. The molecule has 5 heteroatoms. The third-order valence-electron chi connectivity index (χ3n) is 2.46. The number of Topliss-reactive ketones (excluding diaryl/α,β-unsaturated/α-hetero) is 1. The van der Waals surface area contributed by atoms with Crippen LogP contribution >= 0.6 is 0 Å². The molecule has 0 saturated carbocycles. The summed E-state index contributed by atoms with van der Waals surface area (Å²) in [5, 5.41) is 2.77. The van der Waals surface area contributed by atoms with Crippen molar-refractivity contribution in [2.24, 2.45) is 0 Å². The average molecular weight is 243 g/mol. The van der Waals surface area contributed by atoms with E-state index in [-0.39, 0.29) is 12.2 Å². The molecule has 98 valence electrons. The van der Waals surface area contributed by atoms with Crippen molar-refractivity contribution >= 4 is 11.9 Å². The Labute approximate surface area is 102 Å². The van der Waals surface area contributed by atoms with Crippen molar-refractivity contribution in [1.29, 1.82) is 0 Å². The van der Waals surface area contributed by atoms with Gasteiger partial charge in [0.15, 0.2) is 0 Å². The van der Waals surface area contributed by atoms with E-state index in [9.17, 15) is 9.59 Å². The lowest BCUT2D eigenvalue weighted by Crippen LogP contribution is -2.51. The van der Waals surface area contributed by atoms with E-state index in [4.69, 9.17) is 9.47 Å². The summed E-state index contributed by atoms with van der Waals surface area (Å²) in [5.74, 6) is 0.0339. The lowest BCUT2D eigenvalue weighted by molar-refractivity contribution is -0.118. The summed E-state index contributed by atoms with van der Waals surface area (Å²) in [6.45, 7) is 7.84. The molecule has 0 bridgehead atoms. The number of hydrogen-bond donors (Lipinski definition) is 1. The lowest BCUT2D eigenvalue weighted by Gasteiger charge is -2.29. The van der Waals surface area contributed by atoms with Crippen molar-refractivity contribution in [2.75, 3.05) is 13.2 Å². The summed E-state index contributed by atoms with van der Waals surface area (Å²) in [5.41, 5.74) is -1.13. The topological polar surface area (TPSA) is 64.6 Å².